The van der Waals surface area contributed by atoms with E-state index in [2.05, 4.69) is 29.2 Å². The summed E-state index contributed by atoms with van der Waals surface area (Å²) >= 11 is 0. The molecule has 1 fully saturated rings. The Morgan fingerprint density at radius 2 is 2.11 bits per heavy atom. The summed E-state index contributed by atoms with van der Waals surface area (Å²) in [6, 6.07) is 0. The number of hydrogen-bond donors (Lipinski definition) is 2. The molecule has 0 bridgehead atoms. The number of nitrogens with two attached hydrogens (primary N) is 1. The zero-order valence-electron chi connectivity index (χ0n) is 12.7. The minimum absolute atomic E-state index is 0.768. The average Bonchev–Trinajstić information content (AvgIpc) is 2.43. The molecule has 0 amide bonds. The number of likely N-dealkylation sites (tertiary alicyclic amines) is 1. The van der Waals surface area contributed by atoms with Crippen LogP contribution in [0.5, 0.6) is 0 Å². The minimum Gasteiger partial charge on any atom is -0.382 e. The number of nitrogens with zero attached hydrogens (tertiary/aromatic N) is 2. The van der Waals surface area contributed by atoms with Crippen LogP contribution < -0.4 is 11.3 Å². The van der Waals surface area contributed by atoms with Crippen molar-refractivity contribution in [2.75, 3.05) is 32.8 Å². The number of ether oxygens (including phenoxy) is 1. The Morgan fingerprint density at radius 3 is 2.63 bits per heavy atom. The highest BCUT2D eigenvalue weighted by Crippen LogP contribution is 2.24. The summed E-state index contributed by atoms with van der Waals surface area (Å²) in [5.74, 6) is 8.04. The molecule has 0 saturated carbocycles. The smallest absolute Gasteiger partial charge is 0.208 e. The Balaban J connectivity index is 2.33. The van der Waals surface area contributed by atoms with Gasteiger partial charge in [0.1, 0.15) is 0 Å². The zero-order chi connectivity index (χ0) is 14.1. The lowest BCUT2D eigenvalue weighted by Crippen LogP contribution is -2.48. The van der Waals surface area contributed by atoms with E-state index >= 15 is 0 Å². The van der Waals surface area contributed by atoms with Gasteiger partial charge >= 0.3 is 0 Å². The summed E-state index contributed by atoms with van der Waals surface area (Å²) < 4.78 is 5.30. The Hall–Kier alpha value is -0.810. The fourth-order valence-corrected chi connectivity index (χ4v) is 2.51. The lowest BCUT2D eigenvalue weighted by atomic mass is 9.87. The van der Waals surface area contributed by atoms with Crippen LogP contribution in [0.2, 0.25) is 0 Å². The topological polar surface area (TPSA) is 62.9 Å². The molecule has 5 heteroatoms. The third kappa shape index (κ3) is 5.78. The number of aliphatic imine (C=N–C) groups is 1. The first-order chi connectivity index (χ1) is 9.19. The van der Waals surface area contributed by atoms with Crippen molar-refractivity contribution < 1.29 is 4.74 Å². The Kier molecular flexibility index (Phi) is 7.82. The third-order valence-corrected chi connectivity index (χ3v) is 3.82. The maximum atomic E-state index is 5.59. The van der Waals surface area contributed by atoms with Crippen LogP contribution in [0.4, 0.5) is 0 Å². The molecule has 0 aromatic carbocycles. The number of guanidine groups is 1. The molecule has 19 heavy (non-hydrogen) atoms. The largest absolute Gasteiger partial charge is 0.382 e. The highest BCUT2D eigenvalue weighted by molar-refractivity contribution is 5.79. The van der Waals surface area contributed by atoms with Gasteiger partial charge in [0.05, 0.1) is 0 Å². The van der Waals surface area contributed by atoms with Crippen molar-refractivity contribution in [2.45, 2.75) is 40.0 Å². The fourth-order valence-electron chi connectivity index (χ4n) is 2.51. The van der Waals surface area contributed by atoms with E-state index in [4.69, 9.17) is 10.6 Å². The van der Waals surface area contributed by atoms with E-state index in [1.807, 2.05) is 6.92 Å². The molecule has 0 aromatic heterocycles. The van der Waals surface area contributed by atoms with Crippen molar-refractivity contribution in [2.24, 2.45) is 22.7 Å². The standard InChI is InChI=1S/C14H30N4O/c1-4-19-11-5-8-16-14(17-15)18-9-6-13(7-10-18)12(2)3/h12-13H,4-11,15H2,1-3H3,(H,16,17). The van der Waals surface area contributed by atoms with Gasteiger partial charge in [-0.15, -0.1) is 0 Å². The van der Waals surface area contributed by atoms with Crippen molar-refractivity contribution >= 4 is 5.96 Å². The van der Waals surface area contributed by atoms with Crippen LogP contribution in [0.15, 0.2) is 4.99 Å². The predicted octanol–water partition coefficient (Wildman–Crippen LogP) is 1.60. The highest BCUT2D eigenvalue weighted by Gasteiger charge is 2.23. The molecule has 0 spiro atoms. The molecule has 0 aromatic rings. The average molecular weight is 270 g/mol. The van der Waals surface area contributed by atoms with Gasteiger partial charge in [0.15, 0.2) is 0 Å². The first kappa shape index (κ1) is 16.2. The molecule has 1 aliphatic rings. The first-order valence-corrected chi connectivity index (χ1v) is 7.52. The summed E-state index contributed by atoms with van der Waals surface area (Å²) in [5, 5.41) is 0. The van der Waals surface area contributed by atoms with Crippen LogP contribution in [-0.2, 0) is 4.74 Å². The van der Waals surface area contributed by atoms with Gasteiger partial charge in [-0.05, 0) is 38.0 Å². The molecule has 0 radical (unpaired) electrons. The molecule has 0 aliphatic carbocycles. The molecule has 0 atom stereocenters. The Morgan fingerprint density at radius 1 is 1.42 bits per heavy atom. The van der Waals surface area contributed by atoms with Crippen molar-refractivity contribution in [3.05, 3.63) is 0 Å². The predicted molar refractivity (Wildman–Crippen MR) is 79.9 cm³/mol. The van der Waals surface area contributed by atoms with Gasteiger partial charge in [-0.3, -0.25) is 10.4 Å². The van der Waals surface area contributed by atoms with Crippen molar-refractivity contribution in [3.63, 3.8) is 0 Å². The molecule has 5 nitrogen and oxygen atoms in total. The van der Waals surface area contributed by atoms with Gasteiger partial charge in [-0.2, -0.15) is 0 Å². The van der Waals surface area contributed by atoms with Gasteiger partial charge in [0.25, 0.3) is 0 Å². The molecular formula is C14H30N4O. The van der Waals surface area contributed by atoms with Crippen LogP contribution in [0.1, 0.15) is 40.0 Å². The van der Waals surface area contributed by atoms with Crippen molar-refractivity contribution in [1.29, 1.82) is 0 Å². The first-order valence-electron chi connectivity index (χ1n) is 7.52. The SMILES string of the molecule is CCOCCCN=C(NN)N1CCC(C(C)C)CC1. The highest BCUT2D eigenvalue weighted by atomic mass is 16.5. The normalized spacial score (nSPS) is 18.2. The maximum absolute atomic E-state index is 5.59. The summed E-state index contributed by atoms with van der Waals surface area (Å²) in [5.41, 5.74) is 2.74. The van der Waals surface area contributed by atoms with E-state index in [1.165, 1.54) is 12.8 Å². The number of hydrazine groups is 1. The van der Waals surface area contributed by atoms with Crippen molar-refractivity contribution in [3.8, 4) is 0 Å². The molecule has 1 saturated heterocycles. The van der Waals surface area contributed by atoms with Gasteiger partial charge in [0, 0.05) is 32.8 Å². The minimum atomic E-state index is 0.768. The second-order valence-electron chi connectivity index (χ2n) is 5.47. The number of piperidine rings is 1. The summed E-state index contributed by atoms with van der Waals surface area (Å²) in [4.78, 5) is 6.80. The van der Waals surface area contributed by atoms with E-state index in [9.17, 15) is 0 Å². The second kappa shape index (κ2) is 9.15. The van der Waals surface area contributed by atoms with Gasteiger partial charge < -0.3 is 9.64 Å². The summed E-state index contributed by atoms with van der Waals surface area (Å²) in [6.07, 6.45) is 3.41. The second-order valence-corrected chi connectivity index (χ2v) is 5.47. The molecule has 1 heterocycles. The van der Waals surface area contributed by atoms with Crippen molar-refractivity contribution in [1.82, 2.24) is 10.3 Å². The van der Waals surface area contributed by atoms with Gasteiger partial charge in [-0.1, -0.05) is 13.8 Å². The monoisotopic (exact) mass is 270 g/mol. The lowest BCUT2D eigenvalue weighted by molar-refractivity contribution is 0.146. The molecule has 1 rings (SSSR count). The Bertz CT molecular complexity index is 260. The van der Waals surface area contributed by atoms with E-state index in [-0.39, 0.29) is 0 Å². The molecule has 0 unspecified atom stereocenters. The number of rotatable bonds is 6. The lowest BCUT2D eigenvalue weighted by Gasteiger charge is -2.35. The van der Waals surface area contributed by atoms with Crippen LogP contribution in [0.3, 0.4) is 0 Å². The zero-order valence-corrected chi connectivity index (χ0v) is 12.7. The number of nitrogens with one attached hydrogen (secondary N) is 1. The molecule has 1 aliphatic heterocycles. The van der Waals surface area contributed by atoms with Gasteiger partial charge in [0.2, 0.25) is 5.96 Å². The van der Waals surface area contributed by atoms with Crippen LogP contribution in [-0.4, -0.2) is 43.7 Å². The van der Waals surface area contributed by atoms with E-state index in [0.29, 0.717) is 0 Å². The number of hydrogen-bond acceptors (Lipinski definition) is 3. The third-order valence-electron chi connectivity index (χ3n) is 3.82. The van der Waals surface area contributed by atoms with E-state index < -0.39 is 0 Å². The van der Waals surface area contributed by atoms with Gasteiger partial charge in [-0.25, -0.2) is 5.84 Å². The van der Waals surface area contributed by atoms with Crippen LogP contribution in [0.25, 0.3) is 0 Å². The maximum Gasteiger partial charge on any atom is 0.208 e. The molecular weight excluding hydrogens is 240 g/mol. The molecule has 112 valence electrons. The van der Waals surface area contributed by atoms with Crippen LogP contribution >= 0.6 is 0 Å². The summed E-state index contributed by atoms with van der Waals surface area (Å²) in [7, 11) is 0. The summed E-state index contributed by atoms with van der Waals surface area (Å²) in [6.45, 7) is 11.0. The fraction of sp³-hybridized carbons (Fsp3) is 0.929. The van der Waals surface area contributed by atoms with E-state index in [0.717, 1.165) is 57.1 Å². The van der Waals surface area contributed by atoms with E-state index in [1.54, 1.807) is 0 Å². The Labute approximate surface area is 117 Å². The quantitative estimate of drug-likeness (QED) is 0.253. The van der Waals surface area contributed by atoms with Crippen LogP contribution in [0, 0.1) is 11.8 Å². The molecule has 3 N–H and O–H groups in total.